The van der Waals surface area contributed by atoms with Gasteiger partial charge in [-0.15, -0.1) is 0 Å². The molecule has 0 spiro atoms. The van der Waals surface area contributed by atoms with Crippen molar-refractivity contribution < 1.29 is 19.1 Å². The van der Waals surface area contributed by atoms with Crippen LogP contribution in [0.15, 0.2) is 72.9 Å². The van der Waals surface area contributed by atoms with Crippen LogP contribution in [-0.2, 0) is 16.0 Å². The molecule has 7 heteroatoms. The van der Waals surface area contributed by atoms with E-state index in [1.165, 1.54) is 0 Å². The second kappa shape index (κ2) is 10.8. The van der Waals surface area contributed by atoms with E-state index in [9.17, 15) is 9.59 Å². The molecule has 2 atom stereocenters. The molecule has 2 heterocycles. The molecule has 4 rings (SSSR count). The summed E-state index contributed by atoms with van der Waals surface area (Å²) in [5, 5.41) is 3.12. The summed E-state index contributed by atoms with van der Waals surface area (Å²) in [5.74, 6) is 0.789. The zero-order chi connectivity index (χ0) is 23.9. The highest BCUT2D eigenvalue weighted by atomic mass is 16.5. The zero-order valence-corrected chi connectivity index (χ0v) is 19.4. The largest absolute Gasteiger partial charge is 0.493 e. The molecule has 0 radical (unpaired) electrons. The first-order valence-corrected chi connectivity index (χ1v) is 11.3. The summed E-state index contributed by atoms with van der Waals surface area (Å²) < 4.78 is 10.6. The molecule has 7 nitrogen and oxygen atoms in total. The topological polar surface area (TPSA) is 80.8 Å². The van der Waals surface area contributed by atoms with Crippen LogP contribution < -0.4 is 14.8 Å². The number of rotatable bonds is 9. The molecule has 1 aromatic heterocycles. The molecule has 176 valence electrons. The van der Waals surface area contributed by atoms with E-state index in [0.717, 1.165) is 16.8 Å². The molecule has 1 fully saturated rings. The van der Waals surface area contributed by atoms with Crippen molar-refractivity contribution in [2.75, 3.05) is 27.3 Å². The number of carbonyl (C=O) groups is 2. The summed E-state index contributed by atoms with van der Waals surface area (Å²) >= 11 is 0. The third-order valence-electron chi connectivity index (χ3n) is 6.11. The Morgan fingerprint density at radius 1 is 1.06 bits per heavy atom. The highest BCUT2D eigenvalue weighted by Crippen LogP contribution is 2.28. The quantitative estimate of drug-likeness (QED) is 0.531. The van der Waals surface area contributed by atoms with E-state index < -0.39 is 5.92 Å². The smallest absolute Gasteiger partial charge is 0.226 e. The summed E-state index contributed by atoms with van der Waals surface area (Å²) in [6.45, 7) is 0.947. The minimum Gasteiger partial charge on any atom is -0.493 e. The number of likely N-dealkylation sites (tertiary alicyclic amines) is 1. The molecule has 2 amide bonds. The van der Waals surface area contributed by atoms with Gasteiger partial charge in [0.2, 0.25) is 11.8 Å². The van der Waals surface area contributed by atoms with Gasteiger partial charge >= 0.3 is 0 Å². The summed E-state index contributed by atoms with van der Waals surface area (Å²) in [6, 6.07) is 20.8. The molecular weight excluding hydrogens is 430 g/mol. The molecule has 1 aliphatic heterocycles. The van der Waals surface area contributed by atoms with Crippen molar-refractivity contribution in [3.05, 3.63) is 89.7 Å². The maximum absolute atomic E-state index is 13.2. The zero-order valence-electron chi connectivity index (χ0n) is 19.4. The molecule has 0 bridgehead atoms. The second-order valence-electron chi connectivity index (χ2n) is 8.29. The highest BCUT2D eigenvalue weighted by Gasteiger charge is 2.35. The van der Waals surface area contributed by atoms with Crippen LogP contribution in [0.2, 0.25) is 0 Å². The van der Waals surface area contributed by atoms with E-state index >= 15 is 0 Å². The van der Waals surface area contributed by atoms with Crippen molar-refractivity contribution in [3.8, 4) is 11.5 Å². The molecule has 0 aliphatic carbocycles. The summed E-state index contributed by atoms with van der Waals surface area (Å²) in [4.78, 5) is 32.0. The van der Waals surface area contributed by atoms with Gasteiger partial charge in [0.1, 0.15) is 0 Å². The first-order valence-electron chi connectivity index (χ1n) is 11.3. The average Bonchev–Trinajstić information content (AvgIpc) is 3.27. The average molecular weight is 460 g/mol. The molecule has 3 aromatic rings. The number of amides is 2. The molecule has 0 saturated carbocycles. The Hall–Kier alpha value is -3.87. The Bertz CT molecular complexity index is 1080. The van der Waals surface area contributed by atoms with Crippen molar-refractivity contribution in [1.82, 2.24) is 15.2 Å². The number of methoxy groups -OCH3 is 2. The fraction of sp³-hybridized carbons (Fsp3) is 0.296. The van der Waals surface area contributed by atoms with Crippen LogP contribution in [-0.4, -0.2) is 49.0 Å². The Morgan fingerprint density at radius 2 is 1.82 bits per heavy atom. The number of aromatic nitrogens is 1. The Kier molecular flexibility index (Phi) is 7.42. The van der Waals surface area contributed by atoms with Crippen LogP contribution in [0, 0.1) is 5.92 Å². The minimum atomic E-state index is -0.396. The lowest BCUT2D eigenvalue weighted by molar-refractivity contribution is -0.129. The summed E-state index contributed by atoms with van der Waals surface area (Å²) in [7, 11) is 3.20. The summed E-state index contributed by atoms with van der Waals surface area (Å²) in [6.07, 6.45) is 2.59. The predicted molar refractivity (Wildman–Crippen MR) is 129 cm³/mol. The second-order valence-corrected chi connectivity index (χ2v) is 8.29. The van der Waals surface area contributed by atoms with E-state index in [1.54, 1.807) is 25.3 Å². The molecule has 1 saturated heterocycles. The van der Waals surface area contributed by atoms with Crippen molar-refractivity contribution in [3.63, 3.8) is 0 Å². The molecule has 2 unspecified atom stereocenters. The van der Waals surface area contributed by atoms with E-state index in [-0.39, 0.29) is 24.3 Å². The number of nitrogens with one attached hydrogen (secondary N) is 1. The minimum absolute atomic E-state index is 0.00489. The first-order chi connectivity index (χ1) is 16.6. The van der Waals surface area contributed by atoms with Crippen molar-refractivity contribution >= 4 is 11.8 Å². The molecule has 34 heavy (non-hydrogen) atoms. The predicted octanol–water partition coefficient (Wildman–Crippen LogP) is 3.40. The maximum Gasteiger partial charge on any atom is 0.226 e. The first kappa shape index (κ1) is 23.3. The lowest BCUT2D eigenvalue weighted by atomic mass is 10.0. The van der Waals surface area contributed by atoms with Crippen molar-refractivity contribution in [1.29, 1.82) is 0 Å². The van der Waals surface area contributed by atoms with Crippen LogP contribution >= 0.6 is 0 Å². The third-order valence-corrected chi connectivity index (χ3v) is 6.11. The molecular formula is C27H29N3O4. The van der Waals surface area contributed by atoms with Gasteiger partial charge in [-0.3, -0.25) is 14.6 Å². The van der Waals surface area contributed by atoms with Crippen LogP contribution in [0.3, 0.4) is 0 Å². The highest BCUT2D eigenvalue weighted by molar-refractivity contribution is 5.89. The van der Waals surface area contributed by atoms with Gasteiger partial charge in [-0.25, -0.2) is 0 Å². The van der Waals surface area contributed by atoms with Crippen molar-refractivity contribution in [2.24, 2.45) is 5.92 Å². The third kappa shape index (κ3) is 5.36. The van der Waals surface area contributed by atoms with E-state index in [2.05, 4.69) is 10.3 Å². The van der Waals surface area contributed by atoms with Gasteiger partial charge in [0.05, 0.1) is 31.9 Å². The van der Waals surface area contributed by atoms with E-state index in [0.29, 0.717) is 31.0 Å². The molecule has 1 aliphatic rings. The number of benzene rings is 2. The van der Waals surface area contributed by atoms with Crippen LogP contribution in [0.4, 0.5) is 0 Å². The number of ether oxygens (including phenoxy) is 2. The Balaban J connectivity index is 1.40. The van der Waals surface area contributed by atoms with E-state index in [1.807, 2.05) is 66.7 Å². The number of pyridine rings is 1. The molecule has 2 aromatic carbocycles. The fourth-order valence-corrected chi connectivity index (χ4v) is 4.24. The lowest BCUT2D eigenvalue weighted by Gasteiger charge is -2.21. The van der Waals surface area contributed by atoms with Gasteiger partial charge < -0.3 is 19.7 Å². The fourth-order valence-electron chi connectivity index (χ4n) is 4.24. The van der Waals surface area contributed by atoms with Gasteiger partial charge in [-0.2, -0.15) is 0 Å². The summed E-state index contributed by atoms with van der Waals surface area (Å²) in [5.41, 5.74) is 2.75. The van der Waals surface area contributed by atoms with Crippen LogP contribution in [0.5, 0.6) is 11.5 Å². The van der Waals surface area contributed by atoms with E-state index in [4.69, 9.17) is 9.47 Å². The lowest BCUT2D eigenvalue weighted by Crippen LogP contribution is -2.36. The van der Waals surface area contributed by atoms with Crippen LogP contribution in [0.1, 0.15) is 29.3 Å². The van der Waals surface area contributed by atoms with Gasteiger partial charge in [-0.1, -0.05) is 42.5 Å². The van der Waals surface area contributed by atoms with Gasteiger partial charge in [0, 0.05) is 25.7 Å². The SMILES string of the molecule is COc1ccc(CCN2CC(C(=O)NC(c3ccccc3)c3ccccn3)CC2=O)cc1OC. The number of carbonyl (C=O) groups excluding carboxylic acids is 2. The Morgan fingerprint density at radius 3 is 2.53 bits per heavy atom. The van der Waals surface area contributed by atoms with Gasteiger partial charge in [-0.05, 0) is 41.8 Å². The van der Waals surface area contributed by atoms with Gasteiger partial charge in [0.15, 0.2) is 11.5 Å². The Labute approximate surface area is 199 Å². The number of hydrogen-bond donors (Lipinski definition) is 1. The normalized spacial score (nSPS) is 16.2. The van der Waals surface area contributed by atoms with Gasteiger partial charge in [0.25, 0.3) is 0 Å². The maximum atomic E-state index is 13.2. The number of nitrogens with zero attached hydrogens (tertiary/aromatic N) is 2. The monoisotopic (exact) mass is 459 g/mol. The molecule has 1 N–H and O–H groups in total. The standard InChI is InChI=1S/C27H29N3O4/c1-33-23-12-11-19(16-24(23)34-2)13-15-30-18-21(17-25(30)31)27(32)29-26(20-8-4-3-5-9-20)22-10-6-7-14-28-22/h3-12,14,16,21,26H,13,15,17-18H2,1-2H3,(H,29,32). The van der Waals surface area contributed by atoms with Crippen molar-refractivity contribution in [2.45, 2.75) is 18.9 Å². The number of hydrogen-bond acceptors (Lipinski definition) is 5. The van der Waals surface area contributed by atoms with Crippen LogP contribution in [0.25, 0.3) is 0 Å².